The molecule has 2 unspecified atom stereocenters. The number of fused-ring (bicyclic) bond motifs is 3. The van der Waals surface area contributed by atoms with E-state index in [-0.39, 0.29) is 0 Å². The van der Waals surface area contributed by atoms with Crippen LogP contribution in [0.3, 0.4) is 0 Å². The molecule has 3 aromatic carbocycles. The van der Waals surface area contributed by atoms with Gasteiger partial charge in [0, 0.05) is 16.8 Å². The molecule has 2 aliphatic carbocycles. The number of aromatic nitrogens is 1. The highest BCUT2D eigenvalue weighted by Gasteiger charge is 2.25. The Morgan fingerprint density at radius 2 is 1.35 bits per heavy atom. The summed E-state index contributed by atoms with van der Waals surface area (Å²) in [7, 11) is 0. The van der Waals surface area contributed by atoms with Crippen LogP contribution in [-0.4, -0.2) is 10.9 Å². The molecule has 156 valence electrons. The summed E-state index contributed by atoms with van der Waals surface area (Å²) in [4.78, 5) is 11.1. The van der Waals surface area contributed by atoms with Crippen molar-refractivity contribution < 1.29 is 4.79 Å². The molecule has 2 aliphatic rings. The summed E-state index contributed by atoms with van der Waals surface area (Å²) in [6.07, 6.45) is 10.1. The van der Waals surface area contributed by atoms with Gasteiger partial charge in [0.15, 0.2) is 6.29 Å². The third-order valence-corrected chi connectivity index (χ3v) is 5.84. The molecule has 3 nitrogen and oxygen atoms in total. The second-order valence-electron chi connectivity index (χ2n) is 8.05. The van der Waals surface area contributed by atoms with Crippen LogP contribution in [0.2, 0.25) is 0 Å². The number of nitrogens with two attached hydrogens (primary N) is 1. The van der Waals surface area contributed by atoms with Crippen molar-refractivity contribution in [2.75, 3.05) is 5.73 Å². The van der Waals surface area contributed by atoms with Crippen LogP contribution in [0.1, 0.15) is 29.8 Å². The summed E-state index contributed by atoms with van der Waals surface area (Å²) >= 11 is 0. The number of benzene rings is 3. The van der Waals surface area contributed by atoms with E-state index in [9.17, 15) is 4.79 Å². The fourth-order valence-corrected chi connectivity index (χ4v) is 4.30. The van der Waals surface area contributed by atoms with Crippen molar-refractivity contribution in [3.8, 4) is 5.69 Å². The summed E-state index contributed by atoms with van der Waals surface area (Å²) in [5, 5.41) is 1.08. The van der Waals surface area contributed by atoms with Crippen LogP contribution in [0.4, 0.5) is 5.69 Å². The van der Waals surface area contributed by atoms with Crippen LogP contribution in [0.15, 0.2) is 103 Å². The maximum absolute atomic E-state index is 11.1. The third kappa shape index (κ3) is 5.13. The van der Waals surface area contributed by atoms with Crippen LogP contribution >= 0.6 is 0 Å². The van der Waals surface area contributed by atoms with Crippen LogP contribution in [0.25, 0.3) is 16.6 Å². The molecule has 0 saturated heterocycles. The summed E-state index contributed by atoms with van der Waals surface area (Å²) in [6.45, 7) is 0. The Morgan fingerprint density at radius 1 is 0.774 bits per heavy atom. The van der Waals surface area contributed by atoms with Gasteiger partial charge in [-0.1, -0.05) is 66.7 Å². The molecule has 1 fully saturated rings. The quantitative estimate of drug-likeness (QED) is 0.228. The predicted molar refractivity (Wildman–Crippen MR) is 129 cm³/mol. The number of hydrogen-bond acceptors (Lipinski definition) is 2. The molecular weight excluding hydrogens is 380 g/mol. The molecule has 3 heteroatoms. The molecule has 0 spiro atoms. The molecule has 0 radical (unpaired) electrons. The fraction of sp³-hybridized carbons (Fsp3) is 0.179. The number of nitrogens with zero attached hydrogens (tertiary/aromatic N) is 1. The Hall–Kier alpha value is -3.59. The minimum Gasteiger partial charge on any atom is -0.399 e. The number of hydrogen-bond donors (Lipinski definition) is 1. The Labute approximate surface area is 183 Å². The molecule has 6 rings (SSSR count). The van der Waals surface area contributed by atoms with E-state index >= 15 is 0 Å². The lowest BCUT2D eigenvalue weighted by molar-refractivity contribution is 0.111. The van der Waals surface area contributed by atoms with Crippen molar-refractivity contribution in [2.45, 2.75) is 19.3 Å². The van der Waals surface area contributed by atoms with Gasteiger partial charge in [0.2, 0.25) is 0 Å². The highest BCUT2D eigenvalue weighted by molar-refractivity contribution is 5.90. The third-order valence-electron chi connectivity index (χ3n) is 5.84. The van der Waals surface area contributed by atoms with E-state index in [4.69, 9.17) is 5.73 Å². The number of carbonyl (C=O) groups excluding carboxylic acids is 1. The Morgan fingerprint density at radius 3 is 1.84 bits per heavy atom. The van der Waals surface area contributed by atoms with Crippen LogP contribution in [0, 0.1) is 11.8 Å². The minimum absolute atomic E-state index is 0.678. The normalized spacial score (nSPS) is 18.1. The van der Waals surface area contributed by atoms with E-state index in [0.717, 1.165) is 40.4 Å². The fourth-order valence-electron chi connectivity index (χ4n) is 4.30. The monoisotopic (exact) mass is 408 g/mol. The van der Waals surface area contributed by atoms with Crippen molar-refractivity contribution in [2.24, 2.45) is 11.8 Å². The first-order chi connectivity index (χ1) is 15.2. The number of allylic oxidation sites excluding steroid dienone is 2. The topological polar surface area (TPSA) is 48.0 Å². The van der Waals surface area contributed by atoms with Crippen molar-refractivity contribution in [1.29, 1.82) is 0 Å². The number of rotatable bonds is 2. The molecule has 1 saturated carbocycles. The number of nitrogen functional groups attached to an aromatic ring is 1. The second kappa shape index (κ2) is 9.94. The summed E-state index contributed by atoms with van der Waals surface area (Å²) in [5.74, 6) is 1.98. The SMILES string of the molecule is C1=CC2CCC1C2.Nc1ccccc1.O=Cc1cc2ccccc2n1-c1ccccc1. The molecule has 2 N–H and O–H groups in total. The average Bonchev–Trinajstić information content (AvgIpc) is 3.56. The number of para-hydroxylation sites is 3. The average molecular weight is 409 g/mol. The van der Waals surface area contributed by atoms with Gasteiger partial charge in [0.25, 0.3) is 0 Å². The maximum atomic E-state index is 11.1. The van der Waals surface area contributed by atoms with Crippen molar-refractivity contribution in [3.63, 3.8) is 0 Å². The maximum Gasteiger partial charge on any atom is 0.166 e. The Kier molecular flexibility index (Phi) is 6.63. The zero-order chi connectivity index (χ0) is 21.5. The smallest absolute Gasteiger partial charge is 0.166 e. The zero-order valence-corrected chi connectivity index (χ0v) is 17.6. The molecule has 2 atom stereocenters. The molecule has 31 heavy (non-hydrogen) atoms. The molecule has 1 heterocycles. The molecule has 2 bridgehead atoms. The zero-order valence-electron chi connectivity index (χ0n) is 17.6. The van der Waals surface area contributed by atoms with Gasteiger partial charge in [-0.25, -0.2) is 0 Å². The number of carbonyl (C=O) groups is 1. The van der Waals surface area contributed by atoms with Gasteiger partial charge in [0.05, 0.1) is 11.2 Å². The summed E-state index contributed by atoms with van der Waals surface area (Å²) in [6, 6.07) is 29.3. The summed E-state index contributed by atoms with van der Waals surface area (Å²) < 4.78 is 1.97. The lowest BCUT2D eigenvalue weighted by Crippen LogP contribution is -1.97. The predicted octanol–water partition coefficient (Wildman–Crippen LogP) is 6.68. The van der Waals surface area contributed by atoms with E-state index in [1.165, 1.54) is 19.3 Å². The van der Waals surface area contributed by atoms with Crippen LogP contribution in [0.5, 0.6) is 0 Å². The lowest BCUT2D eigenvalue weighted by Gasteiger charge is -2.06. The second-order valence-corrected chi connectivity index (χ2v) is 8.05. The Bertz CT molecular complexity index is 1130. The minimum atomic E-state index is 0.678. The van der Waals surface area contributed by atoms with Gasteiger partial charge in [-0.3, -0.25) is 4.79 Å². The lowest BCUT2D eigenvalue weighted by atomic mass is 10.1. The largest absolute Gasteiger partial charge is 0.399 e. The molecule has 0 aliphatic heterocycles. The van der Waals surface area contributed by atoms with E-state index in [0.29, 0.717) is 5.69 Å². The summed E-state index contributed by atoms with van der Waals surface area (Å²) in [5.41, 5.74) is 8.92. The number of aldehydes is 1. The molecular formula is C28H28N2O. The van der Waals surface area contributed by atoms with E-state index in [2.05, 4.69) is 12.2 Å². The van der Waals surface area contributed by atoms with Crippen LogP contribution < -0.4 is 5.73 Å². The van der Waals surface area contributed by atoms with Crippen molar-refractivity contribution >= 4 is 22.9 Å². The molecule has 4 aromatic rings. The van der Waals surface area contributed by atoms with Crippen molar-refractivity contribution in [3.05, 3.63) is 109 Å². The van der Waals surface area contributed by atoms with E-state index in [1.807, 2.05) is 95.6 Å². The van der Waals surface area contributed by atoms with E-state index < -0.39 is 0 Å². The van der Waals surface area contributed by atoms with Crippen LogP contribution in [-0.2, 0) is 0 Å². The highest BCUT2D eigenvalue weighted by Crippen LogP contribution is 2.38. The van der Waals surface area contributed by atoms with Gasteiger partial charge >= 0.3 is 0 Å². The number of anilines is 1. The van der Waals surface area contributed by atoms with Gasteiger partial charge in [-0.15, -0.1) is 0 Å². The Balaban J connectivity index is 0.000000135. The van der Waals surface area contributed by atoms with E-state index in [1.54, 1.807) is 0 Å². The van der Waals surface area contributed by atoms with Gasteiger partial charge in [-0.2, -0.15) is 0 Å². The van der Waals surface area contributed by atoms with Gasteiger partial charge in [0.1, 0.15) is 0 Å². The molecule has 0 amide bonds. The first kappa shape index (κ1) is 20.7. The standard InChI is InChI=1S/C15H11NO.C7H10.C6H7N/c17-11-14-10-12-6-4-5-9-15(12)16(14)13-7-2-1-3-8-13;1-2-7-4-3-6(1)5-7;7-6-4-2-1-3-5-6/h1-11H;1-2,6-7H,3-5H2;1-5H,7H2. The van der Waals surface area contributed by atoms with Gasteiger partial charge < -0.3 is 10.3 Å². The highest BCUT2D eigenvalue weighted by atomic mass is 16.1. The first-order valence-electron chi connectivity index (χ1n) is 10.8. The van der Waals surface area contributed by atoms with Crippen molar-refractivity contribution in [1.82, 2.24) is 4.57 Å². The first-order valence-corrected chi connectivity index (χ1v) is 10.8. The van der Waals surface area contributed by atoms with Gasteiger partial charge in [-0.05, 0) is 67.5 Å². The molecule has 1 aromatic heterocycles.